The summed E-state index contributed by atoms with van der Waals surface area (Å²) in [5.41, 5.74) is 0.817. The van der Waals surface area contributed by atoms with Gasteiger partial charge in [-0.1, -0.05) is 15.9 Å². The van der Waals surface area contributed by atoms with Crippen molar-refractivity contribution >= 4 is 38.6 Å². The van der Waals surface area contributed by atoms with Gasteiger partial charge in [0.15, 0.2) is 11.5 Å². The van der Waals surface area contributed by atoms with Gasteiger partial charge in [0.1, 0.15) is 12.1 Å². The molecule has 1 aliphatic heterocycles. The number of alkyl halides is 1. The number of rotatable bonds is 5. The number of benzene rings is 1. The van der Waals surface area contributed by atoms with Gasteiger partial charge in [0, 0.05) is 30.6 Å². The molecule has 1 amide bonds. The third-order valence-electron chi connectivity index (χ3n) is 4.40. The first-order valence-electron chi connectivity index (χ1n) is 8.13. The van der Waals surface area contributed by atoms with Crippen LogP contribution in [0.25, 0.3) is 10.9 Å². The predicted molar refractivity (Wildman–Crippen MR) is 99.8 cm³/mol. The van der Waals surface area contributed by atoms with Crippen LogP contribution >= 0.6 is 15.9 Å². The first-order chi connectivity index (χ1) is 12.2. The summed E-state index contributed by atoms with van der Waals surface area (Å²) in [6, 6.07) is 3.99. The molecule has 0 radical (unpaired) electrons. The zero-order chi connectivity index (χ0) is 17.8. The van der Waals surface area contributed by atoms with Crippen LogP contribution in [0.15, 0.2) is 18.5 Å². The molecule has 1 fully saturated rings. The number of carbonyl (C=O) groups excluding carboxylic acids is 1. The fourth-order valence-corrected chi connectivity index (χ4v) is 3.29. The van der Waals surface area contributed by atoms with Crippen LogP contribution in [-0.4, -0.2) is 54.6 Å². The van der Waals surface area contributed by atoms with Crippen molar-refractivity contribution in [3.8, 4) is 11.5 Å². The van der Waals surface area contributed by atoms with E-state index in [9.17, 15) is 4.79 Å². The summed E-state index contributed by atoms with van der Waals surface area (Å²) in [5, 5.41) is 4.30. The van der Waals surface area contributed by atoms with Crippen LogP contribution in [0, 0.1) is 0 Å². The van der Waals surface area contributed by atoms with Crippen molar-refractivity contribution in [3.63, 3.8) is 0 Å². The number of hydrogen-bond donors (Lipinski definition) is 1. The Kier molecular flexibility index (Phi) is 5.57. The molecular weight excluding hydrogens is 388 g/mol. The van der Waals surface area contributed by atoms with E-state index in [4.69, 9.17) is 9.47 Å². The molecule has 134 valence electrons. The fourth-order valence-electron chi connectivity index (χ4n) is 3.12. The Bertz CT molecular complexity index is 763. The molecular formula is C17H21BrN4O3. The largest absolute Gasteiger partial charge is 0.493 e. The molecule has 0 bridgehead atoms. The van der Waals surface area contributed by atoms with E-state index in [0.29, 0.717) is 16.8 Å². The lowest BCUT2D eigenvalue weighted by molar-refractivity contribution is -0.119. The summed E-state index contributed by atoms with van der Waals surface area (Å²) < 4.78 is 10.8. The molecule has 0 atom stereocenters. The van der Waals surface area contributed by atoms with Crippen molar-refractivity contribution in [2.45, 2.75) is 18.9 Å². The Hall–Kier alpha value is -2.09. The second kappa shape index (κ2) is 7.86. The molecule has 1 aliphatic rings. The number of ether oxygens (including phenoxy) is 2. The van der Waals surface area contributed by atoms with E-state index in [1.165, 1.54) is 0 Å². The van der Waals surface area contributed by atoms with Crippen molar-refractivity contribution in [1.29, 1.82) is 0 Å². The molecule has 1 aromatic carbocycles. The quantitative estimate of drug-likeness (QED) is 0.763. The third kappa shape index (κ3) is 3.78. The molecule has 0 unspecified atom stereocenters. The summed E-state index contributed by atoms with van der Waals surface area (Å²) in [4.78, 5) is 22.6. The van der Waals surface area contributed by atoms with E-state index in [0.717, 1.165) is 42.7 Å². The average molecular weight is 409 g/mol. The molecule has 2 heterocycles. The smallest absolute Gasteiger partial charge is 0.230 e. The second-order valence-corrected chi connectivity index (χ2v) is 6.44. The Morgan fingerprint density at radius 1 is 1.24 bits per heavy atom. The molecule has 8 heteroatoms. The molecule has 2 aromatic rings. The molecule has 1 saturated heterocycles. The van der Waals surface area contributed by atoms with Crippen LogP contribution in [0.4, 0.5) is 5.82 Å². The van der Waals surface area contributed by atoms with Gasteiger partial charge in [0.25, 0.3) is 0 Å². The van der Waals surface area contributed by atoms with Gasteiger partial charge in [0.2, 0.25) is 5.91 Å². The van der Waals surface area contributed by atoms with Crippen LogP contribution in [-0.2, 0) is 4.79 Å². The summed E-state index contributed by atoms with van der Waals surface area (Å²) >= 11 is 3.18. The van der Waals surface area contributed by atoms with Gasteiger partial charge in [-0.05, 0) is 18.9 Å². The van der Waals surface area contributed by atoms with Crippen LogP contribution in [0.5, 0.6) is 11.5 Å². The summed E-state index contributed by atoms with van der Waals surface area (Å²) in [5.74, 6) is 2.22. The van der Waals surface area contributed by atoms with Gasteiger partial charge < -0.3 is 19.7 Å². The van der Waals surface area contributed by atoms with E-state index < -0.39 is 0 Å². The third-order valence-corrected chi connectivity index (χ3v) is 4.91. The highest BCUT2D eigenvalue weighted by molar-refractivity contribution is 9.09. The Morgan fingerprint density at radius 3 is 2.56 bits per heavy atom. The number of nitrogens with zero attached hydrogens (tertiary/aromatic N) is 3. The molecule has 3 rings (SSSR count). The highest BCUT2D eigenvalue weighted by Crippen LogP contribution is 2.35. The number of nitrogens with one attached hydrogen (secondary N) is 1. The molecule has 1 N–H and O–H groups in total. The first kappa shape index (κ1) is 17.7. The zero-order valence-corrected chi connectivity index (χ0v) is 15.9. The number of halogens is 1. The molecule has 25 heavy (non-hydrogen) atoms. The zero-order valence-electron chi connectivity index (χ0n) is 14.3. The van der Waals surface area contributed by atoms with Crippen molar-refractivity contribution < 1.29 is 14.3 Å². The maximum atomic E-state index is 11.5. The minimum absolute atomic E-state index is 0.0303. The lowest BCUT2D eigenvalue weighted by Crippen LogP contribution is -2.45. The van der Waals surface area contributed by atoms with Gasteiger partial charge in [-0.15, -0.1) is 0 Å². The minimum atomic E-state index is 0.0303. The SMILES string of the molecule is COc1cc2ncnc(N3CCC(NC(=O)CBr)CC3)c2cc1OC. The van der Waals surface area contributed by atoms with Crippen LogP contribution in [0.1, 0.15) is 12.8 Å². The van der Waals surface area contributed by atoms with E-state index in [1.807, 2.05) is 12.1 Å². The van der Waals surface area contributed by atoms with Crippen LogP contribution in [0.2, 0.25) is 0 Å². The normalized spacial score (nSPS) is 15.2. The Balaban J connectivity index is 1.83. The summed E-state index contributed by atoms with van der Waals surface area (Å²) in [7, 11) is 3.23. The lowest BCUT2D eigenvalue weighted by Gasteiger charge is -2.33. The first-order valence-corrected chi connectivity index (χ1v) is 9.25. The minimum Gasteiger partial charge on any atom is -0.493 e. The van der Waals surface area contributed by atoms with Gasteiger partial charge in [-0.3, -0.25) is 4.79 Å². The number of hydrogen-bond acceptors (Lipinski definition) is 6. The van der Waals surface area contributed by atoms with Gasteiger partial charge in [0.05, 0.1) is 25.1 Å². The van der Waals surface area contributed by atoms with E-state index in [-0.39, 0.29) is 11.9 Å². The van der Waals surface area contributed by atoms with Gasteiger partial charge in [-0.25, -0.2) is 9.97 Å². The topological polar surface area (TPSA) is 76.6 Å². The highest BCUT2D eigenvalue weighted by Gasteiger charge is 2.23. The number of fused-ring (bicyclic) bond motifs is 1. The molecule has 0 aliphatic carbocycles. The van der Waals surface area contributed by atoms with Crippen LogP contribution < -0.4 is 19.7 Å². The van der Waals surface area contributed by atoms with E-state index in [1.54, 1.807) is 20.5 Å². The van der Waals surface area contributed by atoms with E-state index >= 15 is 0 Å². The second-order valence-electron chi connectivity index (χ2n) is 5.88. The lowest BCUT2D eigenvalue weighted by atomic mass is 10.0. The monoisotopic (exact) mass is 408 g/mol. The average Bonchev–Trinajstić information content (AvgIpc) is 2.66. The maximum Gasteiger partial charge on any atom is 0.230 e. The van der Waals surface area contributed by atoms with Crippen molar-refractivity contribution in [2.75, 3.05) is 37.5 Å². The van der Waals surface area contributed by atoms with Gasteiger partial charge in [-0.2, -0.15) is 0 Å². The van der Waals surface area contributed by atoms with Crippen LogP contribution in [0.3, 0.4) is 0 Å². The number of anilines is 1. The molecule has 1 aromatic heterocycles. The molecule has 0 spiro atoms. The summed E-state index contributed by atoms with van der Waals surface area (Å²) in [6.07, 6.45) is 3.34. The number of aromatic nitrogens is 2. The Morgan fingerprint density at radius 2 is 1.92 bits per heavy atom. The van der Waals surface area contributed by atoms with Gasteiger partial charge >= 0.3 is 0 Å². The standard InChI is InChI=1S/C17H21BrN4O3/c1-24-14-7-12-13(8-15(14)25-2)19-10-20-17(12)22-5-3-11(4-6-22)21-16(23)9-18/h7-8,10-11H,3-6,9H2,1-2H3,(H,21,23). The van der Waals surface area contributed by atoms with Crippen molar-refractivity contribution in [2.24, 2.45) is 0 Å². The van der Waals surface area contributed by atoms with E-state index in [2.05, 4.69) is 36.1 Å². The van der Waals surface area contributed by atoms with Crippen molar-refractivity contribution in [1.82, 2.24) is 15.3 Å². The number of amides is 1. The highest BCUT2D eigenvalue weighted by atomic mass is 79.9. The predicted octanol–water partition coefficient (Wildman–Crippen LogP) is 2.13. The summed E-state index contributed by atoms with van der Waals surface area (Å²) in [6.45, 7) is 1.65. The molecule has 0 saturated carbocycles. The number of methoxy groups -OCH3 is 2. The fraction of sp³-hybridized carbons (Fsp3) is 0.471. The maximum absolute atomic E-state index is 11.5. The Labute approximate surface area is 154 Å². The number of piperidine rings is 1. The molecule has 7 nitrogen and oxygen atoms in total. The number of carbonyl (C=O) groups is 1. The van der Waals surface area contributed by atoms with Crippen molar-refractivity contribution in [3.05, 3.63) is 18.5 Å².